The van der Waals surface area contributed by atoms with Gasteiger partial charge in [-0.2, -0.15) is 0 Å². The van der Waals surface area contributed by atoms with E-state index in [4.69, 9.17) is 0 Å². The largest absolute Gasteiger partial charge is 0.333 e. The first-order valence-electron chi connectivity index (χ1n) is 9.27. The molecule has 1 aliphatic rings. The number of benzene rings is 1. The van der Waals surface area contributed by atoms with Crippen LogP contribution < -0.4 is 16.6 Å². The molecular formula is C20H21N5O3. The first-order valence-corrected chi connectivity index (χ1v) is 9.27. The fourth-order valence-corrected chi connectivity index (χ4v) is 3.69. The molecule has 1 atom stereocenters. The Labute approximate surface area is 160 Å². The van der Waals surface area contributed by atoms with Gasteiger partial charge in [0.2, 0.25) is 5.91 Å². The lowest BCUT2D eigenvalue weighted by molar-refractivity contribution is -0.134. The van der Waals surface area contributed by atoms with E-state index in [9.17, 15) is 14.4 Å². The topological polar surface area (TPSA) is 100 Å². The Balaban J connectivity index is 1.57. The van der Waals surface area contributed by atoms with E-state index in [1.807, 2.05) is 17.0 Å². The van der Waals surface area contributed by atoms with E-state index in [-0.39, 0.29) is 24.9 Å². The molecule has 1 saturated heterocycles. The van der Waals surface area contributed by atoms with Crippen molar-refractivity contribution >= 4 is 16.8 Å². The van der Waals surface area contributed by atoms with Gasteiger partial charge in [-0.1, -0.05) is 18.2 Å². The van der Waals surface area contributed by atoms with Crippen LogP contribution in [-0.2, 0) is 11.3 Å². The van der Waals surface area contributed by atoms with Crippen LogP contribution in [0.1, 0.15) is 18.0 Å². The van der Waals surface area contributed by atoms with E-state index in [1.165, 1.54) is 4.57 Å². The molecule has 1 aliphatic heterocycles. The summed E-state index contributed by atoms with van der Waals surface area (Å²) in [5, 5.41) is 3.75. The Morgan fingerprint density at radius 1 is 1.18 bits per heavy atom. The number of fused-ring (bicyclic) bond motifs is 1. The monoisotopic (exact) mass is 379 g/mol. The fraction of sp³-hybridized carbons (Fsp3) is 0.300. The molecule has 1 amide bonds. The van der Waals surface area contributed by atoms with Crippen molar-refractivity contribution in [3.63, 3.8) is 0 Å². The van der Waals surface area contributed by atoms with E-state index >= 15 is 0 Å². The van der Waals surface area contributed by atoms with Crippen LogP contribution in [0.15, 0.2) is 58.4 Å². The fourth-order valence-electron chi connectivity index (χ4n) is 3.69. The number of rotatable bonds is 4. The number of nitrogens with one attached hydrogen (secondary N) is 2. The Hall–Kier alpha value is -3.26. The van der Waals surface area contributed by atoms with E-state index in [0.717, 1.165) is 12.1 Å². The minimum absolute atomic E-state index is 0.0301. The van der Waals surface area contributed by atoms with Crippen LogP contribution in [0.2, 0.25) is 0 Å². The van der Waals surface area contributed by atoms with Gasteiger partial charge in [0.25, 0.3) is 5.56 Å². The highest BCUT2D eigenvalue weighted by atomic mass is 16.2. The summed E-state index contributed by atoms with van der Waals surface area (Å²) in [5.41, 5.74) is 0.602. The number of carbonyl (C=O) groups excluding carboxylic acids is 1. The van der Waals surface area contributed by atoms with Crippen molar-refractivity contribution in [2.75, 3.05) is 19.6 Å². The number of aryl methyl sites for hydroxylation is 1. The van der Waals surface area contributed by atoms with Gasteiger partial charge in [-0.3, -0.25) is 24.1 Å². The predicted molar refractivity (Wildman–Crippen MR) is 105 cm³/mol. The average Bonchev–Trinajstić information content (AvgIpc) is 2.74. The zero-order valence-electron chi connectivity index (χ0n) is 15.3. The standard InChI is InChI=1S/C20H21N5O3/c26-18(24-11-9-22-13-17(24)14-4-3-8-21-12-14)7-10-25-16-6-2-1-5-15(16)19(27)23-20(25)28/h1-6,8,12,17,22H,7,9-11,13H2,(H,23,27,28). The molecule has 2 aromatic heterocycles. The number of H-pyrrole nitrogens is 1. The number of aromatic nitrogens is 3. The average molecular weight is 379 g/mol. The molecule has 4 rings (SSSR count). The molecule has 8 heteroatoms. The molecule has 0 aliphatic carbocycles. The van der Waals surface area contributed by atoms with Crippen LogP contribution in [0.25, 0.3) is 10.9 Å². The maximum atomic E-state index is 13.0. The normalized spacial score (nSPS) is 17.0. The molecule has 1 aromatic carbocycles. The van der Waals surface area contributed by atoms with Crippen LogP contribution in [0, 0.1) is 0 Å². The van der Waals surface area contributed by atoms with Crippen LogP contribution >= 0.6 is 0 Å². The van der Waals surface area contributed by atoms with Crippen LogP contribution in [0.4, 0.5) is 0 Å². The molecule has 1 fully saturated rings. The molecule has 8 nitrogen and oxygen atoms in total. The highest BCUT2D eigenvalue weighted by molar-refractivity contribution is 5.79. The zero-order chi connectivity index (χ0) is 19.5. The van der Waals surface area contributed by atoms with Gasteiger partial charge in [-0.15, -0.1) is 0 Å². The number of amides is 1. The number of piperazine rings is 1. The summed E-state index contributed by atoms with van der Waals surface area (Å²) in [5.74, 6) is -0.0301. The molecule has 0 spiro atoms. The second kappa shape index (κ2) is 7.77. The molecule has 3 aromatic rings. The van der Waals surface area contributed by atoms with E-state index in [0.29, 0.717) is 24.0 Å². The second-order valence-electron chi connectivity index (χ2n) is 6.77. The van der Waals surface area contributed by atoms with Crippen molar-refractivity contribution in [3.8, 4) is 0 Å². The summed E-state index contributed by atoms with van der Waals surface area (Å²) >= 11 is 0. The lowest BCUT2D eigenvalue weighted by Gasteiger charge is -2.36. The van der Waals surface area contributed by atoms with E-state index in [1.54, 1.807) is 36.7 Å². The summed E-state index contributed by atoms with van der Waals surface area (Å²) < 4.78 is 1.45. The van der Waals surface area contributed by atoms with Gasteiger partial charge in [0.1, 0.15) is 0 Å². The maximum Gasteiger partial charge on any atom is 0.328 e. The number of para-hydroxylation sites is 1. The Morgan fingerprint density at radius 3 is 2.86 bits per heavy atom. The zero-order valence-corrected chi connectivity index (χ0v) is 15.3. The first-order chi connectivity index (χ1) is 13.6. The summed E-state index contributed by atoms with van der Waals surface area (Å²) in [4.78, 5) is 45.6. The Morgan fingerprint density at radius 2 is 2.04 bits per heavy atom. The maximum absolute atomic E-state index is 13.0. The Kier molecular flexibility index (Phi) is 5.03. The minimum atomic E-state index is -0.499. The van der Waals surface area contributed by atoms with Gasteiger partial charge in [0.05, 0.1) is 16.9 Å². The highest BCUT2D eigenvalue weighted by Gasteiger charge is 2.27. The van der Waals surface area contributed by atoms with Gasteiger partial charge in [0.15, 0.2) is 0 Å². The van der Waals surface area contributed by atoms with Gasteiger partial charge in [0, 0.05) is 45.0 Å². The molecule has 2 N–H and O–H groups in total. The van der Waals surface area contributed by atoms with E-state index in [2.05, 4.69) is 15.3 Å². The predicted octanol–water partition coefficient (Wildman–Crippen LogP) is 0.648. The lowest BCUT2D eigenvalue weighted by atomic mass is 10.0. The van der Waals surface area contributed by atoms with Gasteiger partial charge in [-0.25, -0.2) is 4.79 Å². The smallest absolute Gasteiger partial charge is 0.328 e. The third-order valence-corrected chi connectivity index (χ3v) is 5.09. The summed E-state index contributed by atoms with van der Waals surface area (Å²) in [7, 11) is 0. The van der Waals surface area contributed by atoms with Crippen LogP contribution in [-0.4, -0.2) is 45.0 Å². The summed E-state index contributed by atoms with van der Waals surface area (Å²) in [6, 6.07) is 10.6. The molecule has 28 heavy (non-hydrogen) atoms. The molecule has 0 bridgehead atoms. The molecule has 0 saturated carbocycles. The number of carbonyl (C=O) groups is 1. The van der Waals surface area contributed by atoms with Crippen LogP contribution in [0.3, 0.4) is 0 Å². The summed E-state index contributed by atoms with van der Waals surface area (Å²) in [6.07, 6.45) is 3.66. The first kappa shape index (κ1) is 18.1. The molecule has 0 radical (unpaired) electrons. The summed E-state index contributed by atoms with van der Waals surface area (Å²) in [6.45, 7) is 2.20. The van der Waals surface area contributed by atoms with Crippen molar-refractivity contribution in [2.24, 2.45) is 0 Å². The molecular weight excluding hydrogens is 358 g/mol. The van der Waals surface area contributed by atoms with Crippen molar-refractivity contribution in [3.05, 3.63) is 75.2 Å². The van der Waals surface area contributed by atoms with Crippen molar-refractivity contribution in [2.45, 2.75) is 19.0 Å². The van der Waals surface area contributed by atoms with Gasteiger partial charge < -0.3 is 10.2 Å². The van der Waals surface area contributed by atoms with Crippen molar-refractivity contribution < 1.29 is 4.79 Å². The molecule has 144 valence electrons. The van der Waals surface area contributed by atoms with Crippen molar-refractivity contribution in [1.29, 1.82) is 0 Å². The number of aromatic amines is 1. The van der Waals surface area contributed by atoms with Gasteiger partial charge in [-0.05, 0) is 23.8 Å². The number of hydrogen-bond donors (Lipinski definition) is 2. The SMILES string of the molecule is O=C(CCn1c(=O)[nH]c(=O)c2ccccc21)N1CCNCC1c1cccnc1. The minimum Gasteiger partial charge on any atom is -0.333 e. The number of pyridine rings is 1. The third kappa shape index (κ3) is 3.46. The Bertz CT molecular complexity index is 1110. The highest BCUT2D eigenvalue weighted by Crippen LogP contribution is 2.22. The van der Waals surface area contributed by atoms with E-state index < -0.39 is 11.2 Å². The van der Waals surface area contributed by atoms with Gasteiger partial charge >= 0.3 is 5.69 Å². The van der Waals surface area contributed by atoms with Crippen molar-refractivity contribution in [1.82, 2.24) is 24.8 Å². The second-order valence-corrected chi connectivity index (χ2v) is 6.77. The van der Waals surface area contributed by atoms with Crippen LogP contribution in [0.5, 0.6) is 0 Å². The number of nitrogens with zero attached hydrogens (tertiary/aromatic N) is 3. The number of hydrogen-bond acceptors (Lipinski definition) is 5. The third-order valence-electron chi connectivity index (χ3n) is 5.09. The molecule has 3 heterocycles. The quantitative estimate of drug-likeness (QED) is 0.693. The molecule has 1 unspecified atom stereocenters. The lowest BCUT2D eigenvalue weighted by Crippen LogP contribution is -2.49.